The molecule has 130 valence electrons. The fraction of sp³-hybridized carbons (Fsp3) is 0.632. The minimum Gasteiger partial charge on any atom is -0.507 e. The van der Waals surface area contributed by atoms with Gasteiger partial charge in [0.15, 0.2) is 0 Å². The second-order valence-electron chi connectivity index (χ2n) is 8.28. The van der Waals surface area contributed by atoms with Gasteiger partial charge in [-0.25, -0.2) is 0 Å². The average Bonchev–Trinajstić information content (AvgIpc) is 2.41. The standard InChI is InChI=1S/C19H31NO2S/c1-18(2,3)14-11-13(9-7-8-10-16(23)20-22)12-15(17(14)21)19(4,5)6/h11-12,21-22H,7-10H2,1-6H3,(H,20,23). The first kappa shape index (κ1) is 19.9. The third-order valence-corrected chi connectivity index (χ3v) is 4.33. The van der Waals surface area contributed by atoms with E-state index in [1.165, 1.54) is 5.56 Å². The Morgan fingerprint density at radius 3 is 1.87 bits per heavy atom. The number of phenolic OH excluding ortho intramolecular Hbond substituents is 1. The Bertz CT molecular complexity index is 518. The third-order valence-electron chi connectivity index (χ3n) is 4.03. The van der Waals surface area contributed by atoms with E-state index in [0.717, 1.165) is 30.4 Å². The minimum absolute atomic E-state index is 0.0948. The molecule has 0 saturated carbocycles. The Hall–Kier alpha value is -1.13. The van der Waals surface area contributed by atoms with E-state index >= 15 is 0 Å². The highest BCUT2D eigenvalue weighted by Gasteiger charge is 2.26. The molecule has 0 aromatic heterocycles. The molecule has 1 aromatic rings. The van der Waals surface area contributed by atoms with E-state index in [0.29, 0.717) is 17.2 Å². The maximum absolute atomic E-state index is 10.7. The van der Waals surface area contributed by atoms with E-state index in [1.54, 1.807) is 0 Å². The van der Waals surface area contributed by atoms with Crippen molar-refractivity contribution in [1.29, 1.82) is 0 Å². The van der Waals surface area contributed by atoms with Crippen LogP contribution in [-0.2, 0) is 17.3 Å². The van der Waals surface area contributed by atoms with Crippen LogP contribution < -0.4 is 5.48 Å². The van der Waals surface area contributed by atoms with Gasteiger partial charge in [-0.2, -0.15) is 0 Å². The molecule has 0 amide bonds. The number of aromatic hydroxyl groups is 1. The van der Waals surface area contributed by atoms with Crippen molar-refractivity contribution in [1.82, 2.24) is 5.48 Å². The first-order valence-corrected chi connectivity index (χ1v) is 8.67. The van der Waals surface area contributed by atoms with Gasteiger partial charge < -0.3 is 5.11 Å². The van der Waals surface area contributed by atoms with E-state index in [2.05, 4.69) is 53.7 Å². The van der Waals surface area contributed by atoms with E-state index < -0.39 is 0 Å². The zero-order valence-corrected chi connectivity index (χ0v) is 16.1. The molecular weight excluding hydrogens is 306 g/mol. The van der Waals surface area contributed by atoms with Crippen molar-refractivity contribution >= 4 is 17.2 Å². The first-order valence-electron chi connectivity index (χ1n) is 8.26. The molecule has 3 N–H and O–H groups in total. The molecule has 0 atom stereocenters. The average molecular weight is 338 g/mol. The summed E-state index contributed by atoms with van der Waals surface area (Å²) in [6.07, 6.45) is 3.57. The van der Waals surface area contributed by atoms with Crippen molar-refractivity contribution < 1.29 is 10.3 Å². The highest BCUT2D eigenvalue weighted by Crippen LogP contribution is 2.40. The molecule has 0 aliphatic rings. The Morgan fingerprint density at radius 2 is 1.48 bits per heavy atom. The number of phenols is 1. The van der Waals surface area contributed by atoms with Gasteiger partial charge in [0, 0.05) is 0 Å². The molecule has 0 spiro atoms. The second kappa shape index (κ2) is 7.63. The monoisotopic (exact) mass is 337 g/mol. The molecule has 0 bridgehead atoms. The Balaban J connectivity index is 3.02. The zero-order valence-electron chi connectivity index (χ0n) is 15.3. The van der Waals surface area contributed by atoms with Crippen LogP contribution in [0.25, 0.3) is 0 Å². The minimum atomic E-state index is -0.0948. The summed E-state index contributed by atoms with van der Waals surface area (Å²) in [5.74, 6) is 0.430. The van der Waals surface area contributed by atoms with E-state index in [-0.39, 0.29) is 10.8 Å². The summed E-state index contributed by atoms with van der Waals surface area (Å²) in [4.78, 5) is 0.487. The molecule has 0 radical (unpaired) electrons. The lowest BCUT2D eigenvalue weighted by atomic mass is 9.78. The van der Waals surface area contributed by atoms with E-state index in [4.69, 9.17) is 17.4 Å². The fourth-order valence-corrected chi connectivity index (χ4v) is 2.80. The van der Waals surface area contributed by atoms with Gasteiger partial charge in [0.2, 0.25) is 0 Å². The van der Waals surface area contributed by atoms with Gasteiger partial charge in [0.1, 0.15) is 10.7 Å². The number of thiocarbonyl (C=S) groups is 1. The van der Waals surface area contributed by atoms with Crippen LogP contribution >= 0.6 is 12.2 Å². The molecule has 0 fully saturated rings. The Kier molecular flexibility index (Phi) is 6.60. The van der Waals surface area contributed by atoms with Gasteiger partial charge in [-0.05, 0) is 53.2 Å². The number of rotatable bonds is 5. The number of nitrogens with one attached hydrogen (secondary N) is 1. The summed E-state index contributed by atoms with van der Waals surface area (Å²) < 4.78 is 0. The number of unbranched alkanes of at least 4 members (excludes halogenated alkanes) is 1. The van der Waals surface area contributed by atoms with Crippen molar-refractivity contribution in [2.24, 2.45) is 0 Å². The van der Waals surface area contributed by atoms with Crippen LogP contribution in [0.1, 0.15) is 77.5 Å². The smallest absolute Gasteiger partial charge is 0.123 e. The summed E-state index contributed by atoms with van der Waals surface area (Å²) in [6, 6.07) is 4.26. The van der Waals surface area contributed by atoms with Gasteiger partial charge in [-0.3, -0.25) is 10.7 Å². The van der Waals surface area contributed by atoms with Crippen LogP contribution in [0.15, 0.2) is 12.1 Å². The fourth-order valence-electron chi connectivity index (χ4n) is 2.65. The first-order chi connectivity index (χ1) is 10.5. The van der Waals surface area contributed by atoms with Gasteiger partial charge in [0.05, 0.1) is 0 Å². The summed E-state index contributed by atoms with van der Waals surface area (Å²) in [5.41, 5.74) is 5.10. The molecule has 3 nitrogen and oxygen atoms in total. The second-order valence-corrected chi connectivity index (χ2v) is 8.77. The highest BCUT2D eigenvalue weighted by molar-refractivity contribution is 7.80. The van der Waals surface area contributed by atoms with Crippen molar-refractivity contribution in [3.8, 4) is 5.75 Å². The van der Waals surface area contributed by atoms with Crippen molar-refractivity contribution in [3.05, 3.63) is 28.8 Å². The van der Waals surface area contributed by atoms with Gasteiger partial charge >= 0.3 is 0 Å². The molecular formula is C19H31NO2S. The summed E-state index contributed by atoms with van der Waals surface area (Å²) in [7, 11) is 0. The molecule has 1 aromatic carbocycles. The van der Waals surface area contributed by atoms with Gasteiger partial charge in [0.25, 0.3) is 0 Å². The normalized spacial score (nSPS) is 12.3. The maximum atomic E-state index is 10.7. The lowest BCUT2D eigenvalue weighted by Crippen LogP contribution is -2.18. The molecule has 23 heavy (non-hydrogen) atoms. The number of hydrogen-bond donors (Lipinski definition) is 3. The van der Waals surface area contributed by atoms with Crippen molar-refractivity contribution in [2.45, 2.75) is 78.1 Å². The Morgan fingerprint density at radius 1 is 1.00 bits per heavy atom. The molecule has 0 aliphatic carbocycles. The number of hydrogen-bond acceptors (Lipinski definition) is 3. The number of benzene rings is 1. The maximum Gasteiger partial charge on any atom is 0.123 e. The van der Waals surface area contributed by atoms with Crippen LogP contribution in [0.5, 0.6) is 5.75 Å². The lowest BCUT2D eigenvalue weighted by molar-refractivity contribution is 0.234. The lowest BCUT2D eigenvalue weighted by Gasteiger charge is -2.28. The topological polar surface area (TPSA) is 52.5 Å². The molecule has 0 unspecified atom stereocenters. The van der Waals surface area contributed by atoms with Gasteiger partial charge in [-0.1, -0.05) is 65.9 Å². The van der Waals surface area contributed by atoms with Crippen LogP contribution in [-0.4, -0.2) is 15.3 Å². The summed E-state index contributed by atoms with van der Waals surface area (Å²) >= 11 is 4.95. The van der Waals surface area contributed by atoms with Crippen LogP contribution in [0.4, 0.5) is 0 Å². The van der Waals surface area contributed by atoms with Crippen LogP contribution in [0, 0.1) is 0 Å². The molecule has 0 saturated heterocycles. The largest absolute Gasteiger partial charge is 0.507 e. The quantitative estimate of drug-likeness (QED) is 0.402. The molecule has 0 aliphatic heterocycles. The van der Waals surface area contributed by atoms with E-state index in [9.17, 15) is 5.11 Å². The van der Waals surface area contributed by atoms with Crippen molar-refractivity contribution in [2.75, 3.05) is 0 Å². The summed E-state index contributed by atoms with van der Waals surface area (Å²) in [5, 5.41) is 19.4. The molecule has 0 heterocycles. The number of aryl methyl sites for hydroxylation is 1. The van der Waals surface area contributed by atoms with Gasteiger partial charge in [-0.15, -0.1) is 0 Å². The highest BCUT2D eigenvalue weighted by atomic mass is 32.1. The molecule has 4 heteroatoms. The van der Waals surface area contributed by atoms with Crippen LogP contribution in [0.3, 0.4) is 0 Å². The molecule has 1 rings (SSSR count). The SMILES string of the molecule is CC(C)(C)c1cc(CCCCC(=S)NO)cc(C(C)(C)C)c1O. The predicted molar refractivity (Wildman–Crippen MR) is 101 cm³/mol. The Labute approximate surface area is 146 Å². The summed E-state index contributed by atoms with van der Waals surface area (Å²) in [6.45, 7) is 12.8. The zero-order chi connectivity index (χ0) is 17.8. The van der Waals surface area contributed by atoms with E-state index in [1.807, 2.05) is 5.48 Å². The predicted octanol–water partition coefficient (Wildman–Crippen LogP) is 5.01. The number of hydroxylamine groups is 1. The van der Waals surface area contributed by atoms with Crippen LogP contribution in [0.2, 0.25) is 0 Å². The van der Waals surface area contributed by atoms with Crippen molar-refractivity contribution in [3.63, 3.8) is 0 Å². The third kappa shape index (κ3) is 5.78.